The third-order valence-electron chi connectivity index (χ3n) is 4.81. The van der Waals surface area contributed by atoms with Gasteiger partial charge in [0.2, 0.25) is 0 Å². The number of rotatable bonds is 6. The zero-order chi connectivity index (χ0) is 20.5. The van der Waals surface area contributed by atoms with E-state index in [1.165, 1.54) is 0 Å². The lowest BCUT2D eigenvalue weighted by Gasteiger charge is -2.11. The van der Waals surface area contributed by atoms with E-state index in [1.54, 1.807) is 4.68 Å². The van der Waals surface area contributed by atoms with Crippen LogP contribution in [-0.2, 0) is 13.5 Å². The predicted molar refractivity (Wildman–Crippen MR) is 112 cm³/mol. The molecule has 29 heavy (non-hydrogen) atoms. The van der Waals surface area contributed by atoms with Gasteiger partial charge in [0, 0.05) is 18.8 Å². The number of hydrogen-bond acceptors (Lipinski definition) is 5. The van der Waals surface area contributed by atoms with Crippen LogP contribution in [0.2, 0.25) is 0 Å². The molecule has 0 saturated carbocycles. The third-order valence-corrected chi connectivity index (χ3v) is 4.81. The molecule has 0 fully saturated rings. The van der Waals surface area contributed by atoms with Crippen molar-refractivity contribution in [2.75, 3.05) is 6.61 Å². The first-order valence-corrected chi connectivity index (χ1v) is 9.77. The second-order valence-corrected chi connectivity index (χ2v) is 6.97. The summed E-state index contributed by atoms with van der Waals surface area (Å²) in [4.78, 5) is 28.1. The number of aromatic nitrogens is 6. The summed E-state index contributed by atoms with van der Waals surface area (Å²) in [6.45, 7) is 6.45. The highest BCUT2D eigenvalue weighted by Crippen LogP contribution is 2.32. The first-order chi connectivity index (χ1) is 14.0. The van der Waals surface area contributed by atoms with Crippen molar-refractivity contribution in [3.8, 4) is 28.5 Å². The number of benzene rings is 1. The Morgan fingerprint density at radius 3 is 2.66 bits per heavy atom. The highest BCUT2D eigenvalue weighted by atomic mass is 16.5. The first-order valence-electron chi connectivity index (χ1n) is 9.77. The number of H-pyrrole nitrogens is 2. The van der Waals surface area contributed by atoms with Crippen molar-refractivity contribution in [1.82, 2.24) is 29.7 Å². The number of nitrogens with one attached hydrogen (secondary N) is 2. The minimum atomic E-state index is -0.260. The topological polar surface area (TPSA) is 101 Å². The van der Waals surface area contributed by atoms with E-state index >= 15 is 0 Å². The van der Waals surface area contributed by atoms with Gasteiger partial charge in [-0.15, -0.1) is 0 Å². The van der Waals surface area contributed by atoms with Crippen LogP contribution in [-0.4, -0.2) is 36.3 Å². The van der Waals surface area contributed by atoms with Gasteiger partial charge in [-0.1, -0.05) is 13.3 Å². The second-order valence-electron chi connectivity index (χ2n) is 6.97. The summed E-state index contributed by atoms with van der Waals surface area (Å²) < 4.78 is 7.55. The Hall–Kier alpha value is -3.42. The fourth-order valence-corrected chi connectivity index (χ4v) is 3.47. The lowest BCUT2D eigenvalue weighted by atomic mass is 10.1. The second kappa shape index (κ2) is 7.54. The minimum Gasteiger partial charge on any atom is -0.493 e. The minimum absolute atomic E-state index is 0.260. The monoisotopic (exact) mass is 392 g/mol. The largest absolute Gasteiger partial charge is 0.493 e. The van der Waals surface area contributed by atoms with Crippen LogP contribution in [0.25, 0.3) is 33.8 Å². The van der Waals surface area contributed by atoms with Gasteiger partial charge >= 0.3 is 0 Å². The molecule has 4 rings (SSSR count). The Kier molecular flexibility index (Phi) is 4.92. The van der Waals surface area contributed by atoms with E-state index in [4.69, 9.17) is 9.72 Å². The molecule has 0 aliphatic rings. The average molecular weight is 392 g/mol. The van der Waals surface area contributed by atoms with Gasteiger partial charge in [-0.25, -0.2) is 9.97 Å². The molecule has 2 N–H and O–H groups in total. The summed E-state index contributed by atoms with van der Waals surface area (Å²) in [5.74, 6) is 1.87. The molecule has 3 heterocycles. The molecule has 0 unspecified atom stereocenters. The van der Waals surface area contributed by atoms with Crippen LogP contribution < -0.4 is 10.3 Å². The maximum atomic E-state index is 12.7. The van der Waals surface area contributed by atoms with Gasteiger partial charge in [-0.05, 0) is 38.5 Å². The Balaban J connectivity index is 1.93. The molecule has 0 bridgehead atoms. The number of imidazole rings is 1. The van der Waals surface area contributed by atoms with Crippen LogP contribution in [0.4, 0.5) is 0 Å². The SMILES string of the molecule is CCCc1c2nc(-c3cc(-c4nc(C)c[nH]4)ccc3OCC)[nH]c(=O)c2nn1C. The molecule has 0 saturated heterocycles. The molecule has 0 spiro atoms. The summed E-state index contributed by atoms with van der Waals surface area (Å²) in [7, 11) is 1.84. The van der Waals surface area contributed by atoms with Gasteiger partial charge < -0.3 is 14.7 Å². The molecule has 1 aromatic carbocycles. The van der Waals surface area contributed by atoms with E-state index in [0.717, 1.165) is 35.6 Å². The van der Waals surface area contributed by atoms with Gasteiger partial charge in [-0.3, -0.25) is 9.48 Å². The lowest BCUT2D eigenvalue weighted by molar-refractivity contribution is 0.341. The Morgan fingerprint density at radius 2 is 1.97 bits per heavy atom. The third kappa shape index (κ3) is 3.41. The lowest BCUT2D eigenvalue weighted by Crippen LogP contribution is -2.10. The van der Waals surface area contributed by atoms with E-state index in [-0.39, 0.29) is 5.56 Å². The van der Waals surface area contributed by atoms with E-state index in [1.807, 2.05) is 45.3 Å². The van der Waals surface area contributed by atoms with E-state index in [2.05, 4.69) is 27.0 Å². The van der Waals surface area contributed by atoms with Crippen LogP contribution in [0.1, 0.15) is 31.7 Å². The molecule has 150 valence electrons. The molecular weight excluding hydrogens is 368 g/mol. The highest BCUT2D eigenvalue weighted by Gasteiger charge is 2.18. The number of aromatic amines is 2. The van der Waals surface area contributed by atoms with E-state index < -0.39 is 0 Å². The normalized spacial score (nSPS) is 11.3. The van der Waals surface area contributed by atoms with Gasteiger partial charge in [0.1, 0.15) is 22.9 Å². The standard InChI is InChI=1S/C21H24N6O2/c1-5-7-15-17-18(26-27(15)4)21(28)25-20(24-17)14-10-13(8-9-16(14)29-6-2)19-22-11-12(3)23-19/h8-11H,5-7H2,1-4H3,(H,22,23)(H,24,25,28). The molecule has 0 aliphatic carbocycles. The molecular formula is C21H24N6O2. The van der Waals surface area contributed by atoms with Crippen LogP contribution >= 0.6 is 0 Å². The number of nitrogens with zero attached hydrogens (tertiary/aromatic N) is 4. The maximum Gasteiger partial charge on any atom is 0.279 e. The zero-order valence-corrected chi connectivity index (χ0v) is 17.0. The van der Waals surface area contributed by atoms with E-state index in [9.17, 15) is 4.79 Å². The molecule has 8 heteroatoms. The van der Waals surface area contributed by atoms with Crippen molar-refractivity contribution in [3.05, 3.63) is 46.1 Å². The van der Waals surface area contributed by atoms with E-state index in [0.29, 0.717) is 34.8 Å². The van der Waals surface area contributed by atoms with Crippen molar-refractivity contribution in [1.29, 1.82) is 0 Å². The number of ether oxygens (including phenoxy) is 1. The molecule has 8 nitrogen and oxygen atoms in total. The van der Waals surface area contributed by atoms with Crippen molar-refractivity contribution in [2.24, 2.45) is 7.05 Å². The van der Waals surface area contributed by atoms with Crippen LogP contribution in [0.5, 0.6) is 5.75 Å². The smallest absolute Gasteiger partial charge is 0.279 e. The number of aryl methyl sites for hydroxylation is 3. The first kappa shape index (κ1) is 18.9. The molecule has 3 aromatic heterocycles. The van der Waals surface area contributed by atoms with Crippen LogP contribution in [0.15, 0.2) is 29.2 Å². The van der Waals surface area contributed by atoms with Crippen molar-refractivity contribution in [2.45, 2.75) is 33.6 Å². The molecule has 4 aromatic rings. The van der Waals surface area contributed by atoms with Gasteiger partial charge in [0.25, 0.3) is 5.56 Å². The average Bonchev–Trinajstić information content (AvgIpc) is 3.27. The van der Waals surface area contributed by atoms with Crippen LogP contribution in [0, 0.1) is 6.92 Å². The maximum absolute atomic E-state index is 12.7. The summed E-state index contributed by atoms with van der Waals surface area (Å²) in [6.07, 6.45) is 3.59. The van der Waals surface area contributed by atoms with Crippen molar-refractivity contribution in [3.63, 3.8) is 0 Å². The summed E-state index contributed by atoms with van der Waals surface area (Å²) in [6, 6.07) is 5.76. The Morgan fingerprint density at radius 1 is 1.14 bits per heavy atom. The molecule has 0 radical (unpaired) electrons. The molecule has 0 atom stereocenters. The summed E-state index contributed by atoms with van der Waals surface area (Å²) in [5.41, 5.74) is 4.19. The highest BCUT2D eigenvalue weighted by molar-refractivity contribution is 5.80. The fraction of sp³-hybridized carbons (Fsp3) is 0.333. The Labute approximate surface area is 168 Å². The van der Waals surface area contributed by atoms with Crippen molar-refractivity contribution < 1.29 is 4.74 Å². The van der Waals surface area contributed by atoms with Crippen LogP contribution in [0.3, 0.4) is 0 Å². The summed E-state index contributed by atoms with van der Waals surface area (Å²) >= 11 is 0. The molecule has 0 amide bonds. The number of hydrogen-bond donors (Lipinski definition) is 2. The predicted octanol–water partition coefficient (Wildman–Crippen LogP) is 3.37. The van der Waals surface area contributed by atoms with Gasteiger partial charge in [-0.2, -0.15) is 5.10 Å². The quantitative estimate of drug-likeness (QED) is 0.524. The zero-order valence-electron chi connectivity index (χ0n) is 17.0. The van der Waals surface area contributed by atoms with Gasteiger partial charge in [0.15, 0.2) is 5.52 Å². The summed E-state index contributed by atoms with van der Waals surface area (Å²) in [5, 5.41) is 4.36. The Bertz CT molecular complexity index is 1230. The van der Waals surface area contributed by atoms with Gasteiger partial charge in [0.05, 0.1) is 23.6 Å². The fourth-order valence-electron chi connectivity index (χ4n) is 3.47. The number of fused-ring (bicyclic) bond motifs is 1. The molecule has 0 aliphatic heterocycles. The van der Waals surface area contributed by atoms with Crippen molar-refractivity contribution >= 4 is 11.0 Å².